The molecule has 0 radical (unpaired) electrons. The van der Waals surface area contributed by atoms with E-state index in [1.807, 2.05) is 31.2 Å². The molecular weight excluding hydrogens is 312 g/mol. The quantitative estimate of drug-likeness (QED) is 0.753. The predicted octanol–water partition coefficient (Wildman–Crippen LogP) is 3.41. The molecule has 0 spiro atoms. The van der Waals surface area contributed by atoms with Gasteiger partial charge in [-0.1, -0.05) is 24.3 Å². The Labute approximate surface area is 138 Å². The van der Waals surface area contributed by atoms with E-state index in [4.69, 9.17) is 9.84 Å². The smallest absolute Gasteiger partial charge is 0.335 e. The van der Waals surface area contributed by atoms with Crippen LogP contribution in [0.2, 0.25) is 0 Å². The number of carbonyl (C=O) groups is 1. The van der Waals surface area contributed by atoms with E-state index in [1.165, 1.54) is 12.1 Å². The Morgan fingerprint density at radius 1 is 1.17 bits per heavy atom. The van der Waals surface area contributed by atoms with Gasteiger partial charge in [-0.2, -0.15) is 0 Å². The molecule has 0 saturated heterocycles. The molecule has 4 nitrogen and oxygen atoms in total. The van der Waals surface area contributed by atoms with E-state index in [1.54, 1.807) is 12.1 Å². The number of rotatable bonds is 8. The number of aromatic carboxylic acids is 1. The molecule has 2 rings (SSSR count). The Morgan fingerprint density at radius 3 is 2.57 bits per heavy atom. The van der Waals surface area contributed by atoms with Crippen LogP contribution in [-0.2, 0) is 16.6 Å². The molecule has 0 aliphatic heterocycles. The monoisotopic (exact) mass is 332 g/mol. The highest BCUT2D eigenvalue weighted by atomic mass is 32.2. The molecule has 0 amide bonds. The zero-order valence-corrected chi connectivity index (χ0v) is 13.8. The van der Waals surface area contributed by atoms with Crippen molar-refractivity contribution in [3.05, 3.63) is 65.2 Å². The van der Waals surface area contributed by atoms with E-state index in [0.29, 0.717) is 24.5 Å². The third kappa shape index (κ3) is 5.87. The maximum absolute atomic E-state index is 12.0. The van der Waals surface area contributed by atoms with Gasteiger partial charge in [0, 0.05) is 22.3 Å². The summed E-state index contributed by atoms with van der Waals surface area (Å²) < 4.78 is 17.7. The second-order valence-electron chi connectivity index (χ2n) is 5.31. The fourth-order valence-corrected chi connectivity index (χ4v) is 3.27. The summed E-state index contributed by atoms with van der Waals surface area (Å²) in [5, 5.41) is 8.84. The molecule has 1 N–H and O–H groups in total. The first kappa shape index (κ1) is 17.2. The normalized spacial score (nSPS) is 11.9. The number of ether oxygens (including phenoxy) is 1. The van der Waals surface area contributed by atoms with Crippen molar-refractivity contribution < 1.29 is 18.8 Å². The van der Waals surface area contributed by atoms with E-state index < -0.39 is 16.8 Å². The Morgan fingerprint density at radius 2 is 1.91 bits per heavy atom. The first-order chi connectivity index (χ1) is 11.0. The Hall–Kier alpha value is -2.14. The number of benzene rings is 2. The summed E-state index contributed by atoms with van der Waals surface area (Å²) in [5.74, 6) is 0.877. The lowest BCUT2D eigenvalue weighted by Crippen LogP contribution is -2.06. The standard InChI is InChI=1S/C18H20O4S/c1-14-4-2-5-17(12-14)22-10-3-11-23(21)13-15-6-8-16(9-7-15)18(19)20/h2,4-9,12H,3,10-11,13H2,1H3,(H,19,20). The molecule has 0 aliphatic carbocycles. The van der Waals surface area contributed by atoms with Crippen LogP contribution in [0.15, 0.2) is 48.5 Å². The molecule has 0 bridgehead atoms. The van der Waals surface area contributed by atoms with E-state index in [9.17, 15) is 9.00 Å². The molecule has 0 saturated carbocycles. The van der Waals surface area contributed by atoms with Crippen LogP contribution in [0.5, 0.6) is 5.75 Å². The topological polar surface area (TPSA) is 63.6 Å². The highest BCUT2D eigenvalue weighted by Gasteiger charge is 2.05. The van der Waals surface area contributed by atoms with Gasteiger partial charge in [-0.25, -0.2) is 4.79 Å². The van der Waals surface area contributed by atoms with Crippen LogP contribution in [0.3, 0.4) is 0 Å². The molecule has 0 aromatic heterocycles. The predicted molar refractivity (Wildman–Crippen MR) is 91.4 cm³/mol. The molecule has 1 unspecified atom stereocenters. The van der Waals surface area contributed by atoms with Gasteiger partial charge in [0.2, 0.25) is 0 Å². The zero-order valence-electron chi connectivity index (χ0n) is 13.0. The molecule has 122 valence electrons. The van der Waals surface area contributed by atoms with Gasteiger partial charge in [0.25, 0.3) is 0 Å². The van der Waals surface area contributed by atoms with Gasteiger partial charge in [-0.15, -0.1) is 0 Å². The Bertz CT molecular complexity index is 680. The van der Waals surface area contributed by atoms with Gasteiger partial charge < -0.3 is 9.84 Å². The average molecular weight is 332 g/mol. The van der Waals surface area contributed by atoms with Crippen LogP contribution in [0.1, 0.15) is 27.9 Å². The molecule has 0 heterocycles. The lowest BCUT2D eigenvalue weighted by Gasteiger charge is -2.07. The molecule has 1 atom stereocenters. The maximum atomic E-state index is 12.0. The van der Waals surface area contributed by atoms with E-state index >= 15 is 0 Å². The van der Waals surface area contributed by atoms with Crippen molar-refractivity contribution in [2.45, 2.75) is 19.1 Å². The van der Waals surface area contributed by atoms with Gasteiger partial charge in [0.1, 0.15) is 5.75 Å². The summed E-state index contributed by atoms with van der Waals surface area (Å²) in [6.45, 7) is 2.55. The van der Waals surface area contributed by atoms with E-state index in [0.717, 1.165) is 16.9 Å². The summed E-state index contributed by atoms with van der Waals surface area (Å²) in [5.41, 5.74) is 2.27. The Kier molecular flexibility index (Phi) is 6.35. The van der Waals surface area contributed by atoms with Crippen molar-refractivity contribution in [3.8, 4) is 5.75 Å². The largest absolute Gasteiger partial charge is 0.494 e. The van der Waals surface area contributed by atoms with Crippen LogP contribution in [0, 0.1) is 6.92 Å². The van der Waals surface area contributed by atoms with Gasteiger partial charge in [-0.05, 0) is 48.7 Å². The van der Waals surface area contributed by atoms with Gasteiger partial charge in [-0.3, -0.25) is 4.21 Å². The number of carboxylic acids is 1. The maximum Gasteiger partial charge on any atom is 0.335 e. The highest BCUT2D eigenvalue weighted by molar-refractivity contribution is 7.84. The molecule has 23 heavy (non-hydrogen) atoms. The van der Waals surface area contributed by atoms with Crippen molar-refractivity contribution in [3.63, 3.8) is 0 Å². The minimum Gasteiger partial charge on any atom is -0.494 e. The van der Waals surface area contributed by atoms with Crippen molar-refractivity contribution in [2.24, 2.45) is 0 Å². The van der Waals surface area contributed by atoms with Gasteiger partial charge in [0.05, 0.1) is 12.2 Å². The summed E-state index contributed by atoms with van der Waals surface area (Å²) in [6, 6.07) is 14.3. The number of aryl methyl sites for hydroxylation is 1. The first-order valence-electron chi connectivity index (χ1n) is 7.41. The SMILES string of the molecule is Cc1cccc(OCCCS(=O)Cc2ccc(C(=O)O)cc2)c1. The van der Waals surface area contributed by atoms with Crippen LogP contribution < -0.4 is 4.74 Å². The molecule has 0 aliphatic rings. The fraction of sp³-hybridized carbons (Fsp3) is 0.278. The number of carboxylic acid groups (broad SMARTS) is 1. The van der Waals surface area contributed by atoms with Gasteiger partial charge >= 0.3 is 5.97 Å². The molecular formula is C18H20O4S. The lowest BCUT2D eigenvalue weighted by atomic mass is 10.1. The van der Waals surface area contributed by atoms with Crippen LogP contribution >= 0.6 is 0 Å². The zero-order chi connectivity index (χ0) is 16.7. The summed E-state index contributed by atoms with van der Waals surface area (Å²) >= 11 is 0. The van der Waals surface area contributed by atoms with Gasteiger partial charge in [0.15, 0.2) is 0 Å². The van der Waals surface area contributed by atoms with Crippen molar-refractivity contribution in [1.82, 2.24) is 0 Å². The number of hydrogen-bond acceptors (Lipinski definition) is 3. The van der Waals surface area contributed by atoms with Crippen molar-refractivity contribution in [2.75, 3.05) is 12.4 Å². The fourth-order valence-electron chi connectivity index (χ4n) is 2.12. The molecule has 0 fully saturated rings. The third-order valence-corrected chi connectivity index (χ3v) is 4.70. The molecule has 5 heteroatoms. The second-order valence-corrected chi connectivity index (χ2v) is 6.89. The van der Waals surface area contributed by atoms with Crippen LogP contribution in [0.4, 0.5) is 0 Å². The van der Waals surface area contributed by atoms with Crippen molar-refractivity contribution >= 4 is 16.8 Å². The van der Waals surface area contributed by atoms with Crippen LogP contribution in [0.25, 0.3) is 0 Å². The highest BCUT2D eigenvalue weighted by Crippen LogP contribution is 2.13. The molecule has 2 aromatic rings. The lowest BCUT2D eigenvalue weighted by molar-refractivity contribution is 0.0697. The van der Waals surface area contributed by atoms with Crippen molar-refractivity contribution in [1.29, 1.82) is 0 Å². The summed E-state index contributed by atoms with van der Waals surface area (Å²) in [4.78, 5) is 10.8. The average Bonchev–Trinajstić information content (AvgIpc) is 2.52. The van der Waals surface area contributed by atoms with E-state index in [2.05, 4.69) is 0 Å². The summed E-state index contributed by atoms with van der Waals surface area (Å²) in [6.07, 6.45) is 0.716. The van der Waals surface area contributed by atoms with Crippen LogP contribution in [-0.4, -0.2) is 27.6 Å². The first-order valence-corrected chi connectivity index (χ1v) is 8.90. The van der Waals surface area contributed by atoms with E-state index in [-0.39, 0.29) is 5.56 Å². The second kappa shape index (κ2) is 8.48. The minimum absolute atomic E-state index is 0.242. The number of hydrogen-bond donors (Lipinski definition) is 1. The molecule has 2 aromatic carbocycles. The third-order valence-electron chi connectivity index (χ3n) is 3.30. The summed E-state index contributed by atoms with van der Waals surface area (Å²) in [7, 11) is -0.978. The minimum atomic E-state index is -0.978. The Balaban J connectivity index is 1.71.